The molecule has 7 nitrogen and oxygen atoms in total. The van der Waals surface area contributed by atoms with Crippen molar-refractivity contribution in [3.05, 3.63) is 29.8 Å². The van der Waals surface area contributed by atoms with Gasteiger partial charge < -0.3 is 10.2 Å². The Bertz CT molecular complexity index is 437. The van der Waals surface area contributed by atoms with Crippen LogP contribution in [0.2, 0.25) is 0 Å². The molecule has 4 N–H and O–H groups in total. The molecule has 1 aromatic rings. The number of hydrogen-bond donors (Lipinski definition) is 4. The van der Waals surface area contributed by atoms with E-state index in [0.29, 0.717) is 0 Å². The summed E-state index contributed by atoms with van der Waals surface area (Å²) in [4.78, 5) is 10.3. The summed E-state index contributed by atoms with van der Waals surface area (Å²) in [6.45, 7) is 0. The van der Waals surface area contributed by atoms with Gasteiger partial charge in [-0.3, -0.25) is 9.11 Å². The number of aromatic hydroxyl groups is 1. The second-order valence-electron chi connectivity index (χ2n) is 2.27. The molecule has 0 spiro atoms. The van der Waals surface area contributed by atoms with Crippen molar-refractivity contribution in [2.45, 2.75) is 0 Å². The Balaban J connectivity index is -0.000000247. The Morgan fingerprint density at radius 2 is 1.41 bits per heavy atom. The van der Waals surface area contributed by atoms with E-state index >= 15 is 0 Å². The van der Waals surface area contributed by atoms with Crippen molar-refractivity contribution in [3.63, 3.8) is 0 Å². The van der Waals surface area contributed by atoms with Crippen LogP contribution in [0.5, 0.6) is 5.75 Å². The zero-order chi connectivity index (χ0) is 12.1. The third kappa shape index (κ3) is 14.3. The average molecular weight is 284 g/mol. The van der Waals surface area contributed by atoms with E-state index < -0.39 is 16.4 Å². The van der Waals surface area contributed by atoms with Crippen LogP contribution in [0.1, 0.15) is 10.4 Å². The summed E-state index contributed by atoms with van der Waals surface area (Å²) in [6, 6.07) is 5.81. The van der Waals surface area contributed by atoms with Crippen molar-refractivity contribution in [1.29, 1.82) is 0 Å². The Kier molecular flexibility index (Phi) is 13.6. The Hall–Kier alpha value is 0.360. The van der Waals surface area contributed by atoms with Crippen LogP contribution in [0.25, 0.3) is 0 Å². The molecular formula is C7H10Na2O7S. The van der Waals surface area contributed by atoms with Crippen molar-refractivity contribution in [2.24, 2.45) is 0 Å². The van der Waals surface area contributed by atoms with E-state index in [0.717, 1.165) is 0 Å². The van der Waals surface area contributed by atoms with Gasteiger partial charge in [-0.25, -0.2) is 4.79 Å². The van der Waals surface area contributed by atoms with Crippen LogP contribution < -0.4 is 0 Å². The van der Waals surface area contributed by atoms with E-state index in [9.17, 15) is 4.79 Å². The number of phenols is 1. The third-order valence-corrected chi connectivity index (χ3v) is 1.13. The normalized spacial score (nSPS) is 8.82. The SMILES string of the molecule is O=C(O)c1ccccc1O.O=S(=O)(O)O.[NaH].[NaH]. The fourth-order valence-electron chi connectivity index (χ4n) is 0.654. The van der Waals surface area contributed by atoms with Gasteiger partial charge in [-0.15, -0.1) is 0 Å². The molecule has 0 bridgehead atoms. The maximum absolute atomic E-state index is 10.3. The fourth-order valence-corrected chi connectivity index (χ4v) is 0.654. The molecule has 0 atom stereocenters. The van der Waals surface area contributed by atoms with Gasteiger partial charge in [0.25, 0.3) is 0 Å². The number of carboxylic acid groups (broad SMARTS) is 1. The third-order valence-electron chi connectivity index (χ3n) is 1.13. The Labute approximate surface area is 142 Å². The Morgan fingerprint density at radius 1 is 1.06 bits per heavy atom. The zero-order valence-electron chi connectivity index (χ0n) is 7.23. The van der Waals surface area contributed by atoms with Crippen LogP contribution in [0.4, 0.5) is 0 Å². The van der Waals surface area contributed by atoms with Gasteiger partial charge in [0.1, 0.15) is 11.3 Å². The second-order valence-corrected chi connectivity index (χ2v) is 3.17. The van der Waals surface area contributed by atoms with Gasteiger partial charge >= 0.3 is 75.5 Å². The number of carbonyl (C=O) groups is 1. The van der Waals surface area contributed by atoms with E-state index in [4.69, 9.17) is 27.7 Å². The van der Waals surface area contributed by atoms with E-state index in [2.05, 4.69) is 0 Å². The van der Waals surface area contributed by atoms with Crippen molar-refractivity contribution in [2.75, 3.05) is 0 Å². The Morgan fingerprint density at radius 3 is 1.65 bits per heavy atom. The van der Waals surface area contributed by atoms with E-state index in [1.165, 1.54) is 12.1 Å². The standard InChI is InChI=1S/C7H6O3.2Na.H2O4S.2H/c8-6-4-2-1-3-5(6)7(9)10;;;1-5(2,3)4;;/h1-4,8H,(H,9,10);;;(H2,1,2,3,4);;. The maximum atomic E-state index is 10.3. The molecule has 88 valence electrons. The summed E-state index contributed by atoms with van der Waals surface area (Å²) in [5, 5.41) is 17.3. The number of hydrogen-bond acceptors (Lipinski definition) is 4. The predicted molar refractivity (Wildman–Crippen MR) is 63.5 cm³/mol. The molecule has 0 unspecified atom stereocenters. The second kappa shape index (κ2) is 10.3. The van der Waals surface area contributed by atoms with Crippen LogP contribution in [0.3, 0.4) is 0 Å². The van der Waals surface area contributed by atoms with Crippen LogP contribution in [-0.2, 0) is 10.4 Å². The molecule has 0 radical (unpaired) electrons. The van der Waals surface area contributed by atoms with Crippen molar-refractivity contribution < 1.29 is 32.5 Å². The molecule has 0 amide bonds. The minimum absolute atomic E-state index is 0. The molecule has 17 heavy (non-hydrogen) atoms. The van der Waals surface area contributed by atoms with Crippen LogP contribution in [0.15, 0.2) is 24.3 Å². The first kappa shape index (κ1) is 22.5. The molecule has 10 heteroatoms. The molecule has 0 aliphatic carbocycles. The molecular weight excluding hydrogens is 274 g/mol. The van der Waals surface area contributed by atoms with Gasteiger partial charge in [-0.2, -0.15) is 8.42 Å². The summed E-state index contributed by atoms with van der Waals surface area (Å²) in [7, 11) is -4.67. The molecule has 0 saturated carbocycles. The van der Waals surface area contributed by atoms with Crippen molar-refractivity contribution >= 4 is 75.5 Å². The van der Waals surface area contributed by atoms with Gasteiger partial charge in [0.2, 0.25) is 0 Å². The van der Waals surface area contributed by atoms with Gasteiger partial charge in [-0.1, -0.05) is 12.1 Å². The molecule has 1 rings (SSSR count). The molecule has 0 fully saturated rings. The van der Waals surface area contributed by atoms with Gasteiger partial charge in [0, 0.05) is 0 Å². The van der Waals surface area contributed by atoms with Crippen molar-refractivity contribution in [3.8, 4) is 5.75 Å². The monoisotopic (exact) mass is 284 g/mol. The number of para-hydroxylation sites is 1. The van der Waals surface area contributed by atoms with E-state index in [-0.39, 0.29) is 70.4 Å². The minimum atomic E-state index is -4.67. The van der Waals surface area contributed by atoms with Crippen molar-refractivity contribution in [1.82, 2.24) is 0 Å². The van der Waals surface area contributed by atoms with Gasteiger partial charge in [0.05, 0.1) is 0 Å². The van der Waals surface area contributed by atoms with Crippen LogP contribution >= 0.6 is 0 Å². The molecule has 0 aliphatic rings. The summed E-state index contributed by atoms with van der Waals surface area (Å²) in [5.74, 6) is -1.31. The molecule has 1 aromatic carbocycles. The summed E-state index contributed by atoms with van der Waals surface area (Å²) in [5.41, 5.74) is -0.0671. The topological polar surface area (TPSA) is 132 Å². The average Bonchev–Trinajstić information content (AvgIpc) is 2.01. The van der Waals surface area contributed by atoms with E-state index in [1.807, 2.05) is 0 Å². The summed E-state index contributed by atoms with van der Waals surface area (Å²) in [6.07, 6.45) is 0. The first-order valence-electron chi connectivity index (χ1n) is 3.43. The van der Waals surface area contributed by atoms with Gasteiger partial charge in [-0.05, 0) is 12.1 Å². The van der Waals surface area contributed by atoms with Crippen LogP contribution in [-0.4, -0.2) is 92.8 Å². The quantitative estimate of drug-likeness (QED) is 0.389. The number of benzene rings is 1. The number of rotatable bonds is 1. The van der Waals surface area contributed by atoms with E-state index in [1.54, 1.807) is 12.1 Å². The first-order chi connectivity index (χ1) is 6.72. The number of aromatic carboxylic acids is 1. The predicted octanol–water partition coefficient (Wildman–Crippen LogP) is -0.859. The summed E-state index contributed by atoms with van der Waals surface area (Å²) >= 11 is 0. The first-order valence-corrected chi connectivity index (χ1v) is 4.82. The molecule has 0 aromatic heterocycles. The molecule has 0 saturated heterocycles. The summed E-state index contributed by atoms with van der Waals surface area (Å²) < 4.78 is 31.6. The molecule has 0 aliphatic heterocycles. The fraction of sp³-hybridized carbons (Fsp3) is 0. The molecule has 0 heterocycles. The number of carboxylic acids is 1. The van der Waals surface area contributed by atoms with Crippen LogP contribution in [0, 0.1) is 0 Å². The van der Waals surface area contributed by atoms with Gasteiger partial charge in [0.15, 0.2) is 0 Å². The zero-order valence-corrected chi connectivity index (χ0v) is 8.05.